The highest BCUT2D eigenvalue weighted by molar-refractivity contribution is 6.42. The molecule has 0 fully saturated rings. The van der Waals surface area contributed by atoms with Crippen LogP contribution in [-0.2, 0) is 0 Å². The summed E-state index contributed by atoms with van der Waals surface area (Å²) in [5, 5.41) is 3.68. The highest BCUT2D eigenvalue weighted by Crippen LogP contribution is 2.33. The summed E-state index contributed by atoms with van der Waals surface area (Å²) in [5.74, 6) is -0.276. The first-order valence-electron chi connectivity index (χ1n) is 5.09. The quantitative estimate of drug-likeness (QED) is 0.840. The minimum atomic E-state index is -0.276. The van der Waals surface area contributed by atoms with Crippen LogP contribution in [0.4, 0.5) is 5.69 Å². The monoisotopic (exact) mass is 299 g/mol. The fraction of sp³-hybridized carbons (Fsp3) is 0. The van der Waals surface area contributed by atoms with Crippen LogP contribution in [-0.4, -0.2) is 5.91 Å². The van der Waals surface area contributed by atoms with E-state index in [0.717, 1.165) is 0 Å². The SMILES string of the molecule is O=C(Nc1c(Cl)cc(Cl)cc1Cl)c1ccccc1. The summed E-state index contributed by atoms with van der Waals surface area (Å²) in [6.45, 7) is 0. The van der Waals surface area contributed by atoms with Gasteiger partial charge in [0.15, 0.2) is 0 Å². The number of hydrogen-bond acceptors (Lipinski definition) is 1. The third-order valence-corrected chi connectivity index (χ3v) is 3.10. The van der Waals surface area contributed by atoms with E-state index in [9.17, 15) is 4.79 Å². The van der Waals surface area contributed by atoms with Crippen molar-refractivity contribution in [1.29, 1.82) is 0 Å². The molecule has 2 aromatic rings. The van der Waals surface area contributed by atoms with Crippen LogP contribution in [0.3, 0.4) is 0 Å². The van der Waals surface area contributed by atoms with Gasteiger partial charge >= 0.3 is 0 Å². The molecule has 18 heavy (non-hydrogen) atoms. The molecule has 2 rings (SSSR count). The van der Waals surface area contributed by atoms with Crippen LogP contribution in [0.25, 0.3) is 0 Å². The van der Waals surface area contributed by atoms with Crippen molar-refractivity contribution in [3.63, 3.8) is 0 Å². The molecular weight excluding hydrogens is 293 g/mol. The zero-order valence-corrected chi connectivity index (χ0v) is 11.4. The topological polar surface area (TPSA) is 29.1 Å². The minimum Gasteiger partial charge on any atom is -0.319 e. The first kappa shape index (κ1) is 13.2. The van der Waals surface area contributed by atoms with Crippen LogP contribution in [0.1, 0.15) is 10.4 Å². The molecule has 1 N–H and O–H groups in total. The smallest absolute Gasteiger partial charge is 0.255 e. The van der Waals surface area contributed by atoms with E-state index in [0.29, 0.717) is 26.3 Å². The number of nitrogens with one attached hydrogen (secondary N) is 1. The number of anilines is 1. The molecule has 0 aliphatic carbocycles. The molecule has 0 unspecified atom stereocenters. The summed E-state index contributed by atoms with van der Waals surface area (Å²) in [6.07, 6.45) is 0. The van der Waals surface area contributed by atoms with Crippen molar-refractivity contribution >= 4 is 46.4 Å². The van der Waals surface area contributed by atoms with E-state index in [4.69, 9.17) is 34.8 Å². The number of halogens is 3. The molecule has 0 atom stereocenters. The van der Waals surface area contributed by atoms with Crippen molar-refractivity contribution in [1.82, 2.24) is 0 Å². The zero-order chi connectivity index (χ0) is 13.1. The van der Waals surface area contributed by atoms with Gasteiger partial charge in [-0.1, -0.05) is 53.0 Å². The van der Waals surface area contributed by atoms with Crippen molar-refractivity contribution in [2.75, 3.05) is 5.32 Å². The van der Waals surface area contributed by atoms with Gasteiger partial charge in [-0.25, -0.2) is 0 Å². The summed E-state index contributed by atoms with van der Waals surface area (Å²) < 4.78 is 0. The lowest BCUT2D eigenvalue weighted by Crippen LogP contribution is -2.12. The molecule has 0 saturated carbocycles. The summed E-state index contributed by atoms with van der Waals surface area (Å²) in [5.41, 5.74) is 0.885. The Morgan fingerprint density at radius 2 is 1.50 bits per heavy atom. The summed E-state index contributed by atoms with van der Waals surface area (Å²) in [7, 11) is 0. The Kier molecular flexibility index (Phi) is 4.12. The van der Waals surface area contributed by atoms with E-state index in [1.807, 2.05) is 6.07 Å². The van der Waals surface area contributed by atoms with Crippen molar-refractivity contribution < 1.29 is 4.79 Å². The maximum atomic E-state index is 11.9. The van der Waals surface area contributed by atoms with Gasteiger partial charge in [-0.2, -0.15) is 0 Å². The standard InChI is InChI=1S/C13H8Cl3NO/c14-9-6-10(15)12(11(16)7-9)17-13(18)8-4-2-1-3-5-8/h1-7H,(H,17,18). The predicted octanol–water partition coefficient (Wildman–Crippen LogP) is 4.90. The first-order valence-corrected chi connectivity index (χ1v) is 6.22. The summed E-state index contributed by atoms with van der Waals surface area (Å²) in [4.78, 5) is 11.9. The minimum absolute atomic E-state index is 0.276. The molecule has 0 heterocycles. The van der Waals surface area contributed by atoms with Gasteiger partial charge in [0, 0.05) is 10.6 Å². The van der Waals surface area contributed by atoms with Gasteiger partial charge in [0.2, 0.25) is 0 Å². The number of hydrogen-bond donors (Lipinski definition) is 1. The number of amides is 1. The fourth-order valence-electron chi connectivity index (χ4n) is 1.44. The number of carbonyl (C=O) groups is 1. The molecule has 0 spiro atoms. The molecule has 1 amide bonds. The van der Waals surface area contributed by atoms with Crippen molar-refractivity contribution in [2.24, 2.45) is 0 Å². The summed E-state index contributed by atoms with van der Waals surface area (Å²) >= 11 is 17.8. The molecule has 2 aromatic carbocycles. The lowest BCUT2D eigenvalue weighted by atomic mass is 10.2. The van der Waals surface area contributed by atoms with E-state index < -0.39 is 0 Å². The van der Waals surface area contributed by atoms with Crippen molar-refractivity contribution in [3.8, 4) is 0 Å². The number of benzene rings is 2. The first-order chi connectivity index (χ1) is 8.58. The molecule has 0 saturated heterocycles. The number of rotatable bonds is 2. The Morgan fingerprint density at radius 3 is 2.06 bits per heavy atom. The highest BCUT2D eigenvalue weighted by atomic mass is 35.5. The Hall–Kier alpha value is -1.22. The third-order valence-electron chi connectivity index (χ3n) is 2.28. The third kappa shape index (κ3) is 2.96. The van der Waals surface area contributed by atoms with E-state index in [-0.39, 0.29) is 5.91 Å². The molecule has 2 nitrogen and oxygen atoms in total. The van der Waals surface area contributed by atoms with Crippen LogP contribution in [0.2, 0.25) is 15.1 Å². The van der Waals surface area contributed by atoms with Gasteiger partial charge in [0.25, 0.3) is 5.91 Å². The van der Waals surface area contributed by atoms with Crippen LogP contribution < -0.4 is 5.32 Å². The van der Waals surface area contributed by atoms with Crippen LogP contribution in [0.5, 0.6) is 0 Å². The molecule has 0 radical (unpaired) electrons. The van der Waals surface area contributed by atoms with E-state index in [1.54, 1.807) is 24.3 Å². The lowest BCUT2D eigenvalue weighted by molar-refractivity contribution is 0.102. The molecule has 0 bridgehead atoms. The fourth-order valence-corrected chi connectivity index (χ4v) is 2.35. The van der Waals surface area contributed by atoms with Gasteiger partial charge < -0.3 is 5.32 Å². The van der Waals surface area contributed by atoms with Crippen molar-refractivity contribution in [2.45, 2.75) is 0 Å². The molecule has 0 aliphatic rings. The second-order valence-corrected chi connectivity index (χ2v) is 4.82. The molecule has 0 aromatic heterocycles. The van der Waals surface area contributed by atoms with Crippen molar-refractivity contribution in [3.05, 3.63) is 63.1 Å². The molecule has 0 aliphatic heterocycles. The largest absolute Gasteiger partial charge is 0.319 e. The Bertz CT molecular complexity index is 561. The predicted molar refractivity (Wildman–Crippen MR) is 75.9 cm³/mol. The average molecular weight is 301 g/mol. The van der Waals surface area contributed by atoms with Crippen LogP contribution in [0, 0.1) is 0 Å². The van der Waals surface area contributed by atoms with Gasteiger partial charge in [-0.3, -0.25) is 4.79 Å². The molecular formula is C13H8Cl3NO. The number of carbonyl (C=O) groups excluding carboxylic acids is 1. The second kappa shape index (κ2) is 5.61. The van der Waals surface area contributed by atoms with Gasteiger partial charge in [-0.05, 0) is 24.3 Å². The van der Waals surface area contributed by atoms with Crippen LogP contribution >= 0.6 is 34.8 Å². The van der Waals surface area contributed by atoms with Crippen LogP contribution in [0.15, 0.2) is 42.5 Å². The Labute approximate surface area is 119 Å². The normalized spacial score (nSPS) is 10.2. The second-order valence-electron chi connectivity index (χ2n) is 3.56. The van der Waals surface area contributed by atoms with Gasteiger partial charge in [0.05, 0.1) is 15.7 Å². The average Bonchev–Trinajstić information content (AvgIpc) is 2.34. The molecule has 5 heteroatoms. The maximum absolute atomic E-state index is 11.9. The maximum Gasteiger partial charge on any atom is 0.255 e. The van der Waals surface area contributed by atoms with E-state index in [1.165, 1.54) is 12.1 Å². The van der Waals surface area contributed by atoms with Gasteiger partial charge in [0.1, 0.15) is 0 Å². The zero-order valence-electron chi connectivity index (χ0n) is 9.08. The molecule has 92 valence electrons. The Balaban J connectivity index is 2.28. The highest BCUT2D eigenvalue weighted by Gasteiger charge is 2.12. The van der Waals surface area contributed by atoms with E-state index in [2.05, 4.69) is 5.32 Å². The van der Waals surface area contributed by atoms with E-state index >= 15 is 0 Å². The lowest BCUT2D eigenvalue weighted by Gasteiger charge is -2.09. The Morgan fingerprint density at radius 1 is 0.944 bits per heavy atom. The summed E-state index contributed by atoms with van der Waals surface area (Å²) in [6, 6.07) is 11.8. The van der Waals surface area contributed by atoms with Gasteiger partial charge in [-0.15, -0.1) is 0 Å².